The molecule has 2 rings (SSSR count). The highest BCUT2D eigenvalue weighted by Crippen LogP contribution is 2.21. The number of nitrogens with zero attached hydrogens (tertiary/aromatic N) is 1. The fraction of sp³-hybridized carbons (Fsp3) is 0.100. The second-order valence-corrected chi connectivity index (χ2v) is 2.77. The zero-order chi connectivity index (χ0) is 9.42. The van der Waals surface area contributed by atoms with E-state index in [0.717, 1.165) is 4.90 Å². The minimum Gasteiger partial charge on any atom is -0.274 e. The minimum absolute atomic E-state index is 0.0631. The van der Waals surface area contributed by atoms with E-state index in [1.54, 1.807) is 24.3 Å². The summed E-state index contributed by atoms with van der Waals surface area (Å²) in [6.45, 7) is 5.22. The van der Waals surface area contributed by atoms with Crippen molar-refractivity contribution < 1.29 is 9.59 Å². The summed E-state index contributed by atoms with van der Waals surface area (Å²) in [7, 11) is 0. The molecular formula is C10H7NO2. The van der Waals surface area contributed by atoms with Crippen LogP contribution in [0.1, 0.15) is 20.7 Å². The molecule has 2 radical (unpaired) electrons. The van der Waals surface area contributed by atoms with Crippen LogP contribution in [0, 0.1) is 6.92 Å². The molecule has 13 heavy (non-hydrogen) atoms. The van der Waals surface area contributed by atoms with Crippen LogP contribution in [0.4, 0.5) is 0 Å². The van der Waals surface area contributed by atoms with Crippen LogP contribution in [-0.4, -0.2) is 23.3 Å². The average Bonchev–Trinajstić information content (AvgIpc) is 2.41. The Bertz CT molecular complexity index is 349. The summed E-state index contributed by atoms with van der Waals surface area (Å²) >= 11 is 0. The SMILES string of the molecule is [CH]CN1C(=O)c2ccccc2C1=O. The third-order valence-electron chi connectivity index (χ3n) is 2.06. The van der Waals surface area contributed by atoms with Crippen molar-refractivity contribution in [2.75, 3.05) is 6.54 Å². The topological polar surface area (TPSA) is 37.4 Å². The van der Waals surface area contributed by atoms with Gasteiger partial charge in [-0.1, -0.05) is 12.1 Å². The molecular weight excluding hydrogens is 166 g/mol. The third-order valence-corrected chi connectivity index (χ3v) is 2.06. The van der Waals surface area contributed by atoms with E-state index in [4.69, 9.17) is 6.92 Å². The van der Waals surface area contributed by atoms with Gasteiger partial charge >= 0.3 is 0 Å². The Kier molecular flexibility index (Phi) is 1.65. The molecule has 0 aliphatic carbocycles. The molecule has 2 amide bonds. The van der Waals surface area contributed by atoms with Crippen LogP contribution in [0.15, 0.2) is 24.3 Å². The second-order valence-electron chi connectivity index (χ2n) is 2.77. The molecule has 1 aliphatic heterocycles. The molecule has 0 bridgehead atoms. The van der Waals surface area contributed by atoms with Crippen LogP contribution in [0.25, 0.3) is 0 Å². The van der Waals surface area contributed by atoms with Gasteiger partial charge in [-0.15, -0.1) is 0 Å². The molecule has 0 atom stereocenters. The number of amides is 2. The molecule has 3 heteroatoms. The molecule has 1 aromatic rings. The monoisotopic (exact) mass is 173 g/mol. The van der Waals surface area contributed by atoms with Crippen LogP contribution in [-0.2, 0) is 0 Å². The Morgan fingerprint density at radius 3 is 1.92 bits per heavy atom. The number of carbonyl (C=O) groups is 2. The molecule has 0 unspecified atom stereocenters. The van der Waals surface area contributed by atoms with Crippen molar-refractivity contribution >= 4 is 11.8 Å². The van der Waals surface area contributed by atoms with E-state index in [2.05, 4.69) is 0 Å². The summed E-state index contributed by atoms with van der Waals surface area (Å²) in [5, 5.41) is 0. The fourth-order valence-corrected chi connectivity index (χ4v) is 1.40. The van der Waals surface area contributed by atoms with Crippen molar-refractivity contribution in [2.24, 2.45) is 0 Å². The summed E-state index contributed by atoms with van der Waals surface area (Å²) in [4.78, 5) is 24.0. The fourth-order valence-electron chi connectivity index (χ4n) is 1.40. The van der Waals surface area contributed by atoms with Crippen LogP contribution < -0.4 is 0 Å². The molecule has 64 valence electrons. The van der Waals surface area contributed by atoms with E-state index in [0.29, 0.717) is 11.1 Å². The van der Waals surface area contributed by atoms with Gasteiger partial charge in [0.05, 0.1) is 11.1 Å². The normalized spacial score (nSPS) is 15.0. The lowest BCUT2D eigenvalue weighted by Crippen LogP contribution is -2.29. The van der Waals surface area contributed by atoms with Gasteiger partial charge in [0, 0.05) is 6.54 Å². The molecule has 0 saturated carbocycles. The van der Waals surface area contributed by atoms with E-state index < -0.39 is 0 Å². The van der Waals surface area contributed by atoms with Gasteiger partial charge < -0.3 is 0 Å². The molecule has 0 spiro atoms. The van der Waals surface area contributed by atoms with Gasteiger partial charge in [0.15, 0.2) is 0 Å². The maximum absolute atomic E-state index is 11.5. The number of hydrogen-bond acceptors (Lipinski definition) is 2. The first-order valence-electron chi connectivity index (χ1n) is 3.91. The number of rotatable bonds is 1. The summed E-state index contributed by atoms with van der Waals surface area (Å²) in [6, 6.07) is 6.71. The minimum atomic E-state index is -0.303. The number of imide groups is 1. The first-order chi connectivity index (χ1) is 6.25. The number of fused-ring (bicyclic) bond motifs is 1. The van der Waals surface area contributed by atoms with E-state index >= 15 is 0 Å². The predicted molar refractivity (Wildman–Crippen MR) is 46.1 cm³/mol. The summed E-state index contributed by atoms with van der Waals surface area (Å²) in [6.07, 6.45) is 0. The lowest BCUT2D eigenvalue weighted by Gasteiger charge is -2.08. The quantitative estimate of drug-likeness (QED) is 0.594. The first-order valence-corrected chi connectivity index (χ1v) is 3.91. The van der Waals surface area contributed by atoms with Gasteiger partial charge in [-0.25, -0.2) is 0 Å². The first kappa shape index (κ1) is 7.98. The van der Waals surface area contributed by atoms with Crippen molar-refractivity contribution in [2.45, 2.75) is 0 Å². The van der Waals surface area contributed by atoms with Gasteiger partial charge in [-0.2, -0.15) is 0 Å². The Hall–Kier alpha value is -1.64. The number of hydrogen-bond donors (Lipinski definition) is 0. The van der Waals surface area contributed by atoms with Gasteiger partial charge in [0.2, 0.25) is 0 Å². The summed E-state index contributed by atoms with van der Waals surface area (Å²) in [5.74, 6) is -0.605. The molecule has 3 nitrogen and oxygen atoms in total. The van der Waals surface area contributed by atoms with Crippen molar-refractivity contribution in [3.63, 3.8) is 0 Å². The average molecular weight is 173 g/mol. The maximum Gasteiger partial charge on any atom is 0.261 e. The molecule has 0 aromatic heterocycles. The van der Waals surface area contributed by atoms with E-state index in [1.807, 2.05) is 0 Å². The molecule has 1 heterocycles. The number of benzene rings is 1. The van der Waals surface area contributed by atoms with Crippen molar-refractivity contribution in [3.05, 3.63) is 42.3 Å². The van der Waals surface area contributed by atoms with Crippen LogP contribution in [0.3, 0.4) is 0 Å². The summed E-state index contributed by atoms with van der Waals surface area (Å²) < 4.78 is 0. The standard InChI is InChI=1S/C10H7NO2/c1-2-11-9(12)7-5-3-4-6-8(7)10(11)13/h1,3-6H,2H2. The van der Waals surface area contributed by atoms with Crippen molar-refractivity contribution in [1.29, 1.82) is 0 Å². The summed E-state index contributed by atoms with van der Waals surface area (Å²) in [5.41, 5.74) is 0.885. The highest BCUT2D eigenvalue weighted by molar-refractivity contribution is 6.21. The zero-order valence-corrected chi connectivity index (χ0v) is 6.86. The predicted octanol–water partition coefficient (Wildman–Crippen LogP) is 0.994. The second kappa shape index (κ2) is 2.69. The molecule has 0 N–H and O–H groups in total. The van der Waals surface area contributed by atoms with E-state index in [9.17, 15) is 9.59 Å². The molecule has 1 aliphatic rings. The highest BCUT2D eigenvalue weighted by atomic mass is 16.2. The Morgan fingerprint density at radius 2 is 1.54 bits per heavy atom. The Labute approximate surface area is 76.0 Å². The highest BCUT2D eigenvalue weighted by Gasteiger charge is 2.33. The smallest absolute Gasteiger partial charge is 0.261 e. The molecule has 0 saturated heterocycles. The van der Waals surface area contributed by atoms with Crippen molar-refractivity contribution in [1.82, 2.24) is 4.90 Å². The zero-order valence-electron chi connectivity index (χ0n) is 6.86. The largest absolute Gasteiger partial charge is 0.274 e. The lowest BCUT2D eigenvalue weighted by molar-refractivity contribution is 0.0671. The Morgan fingerprint density at radius 1 is 1.08 bits per heavy atom. The molecule has 0 fully saturated rings. The van der Waals surface area contributed by atoms with Crippen LogP contribution in [0.2, 0.25) is 0 Å². The van der Waals surface area contributed by atoms with Gasteiger partial charge in [-0.05, 0) is 19.1 Å². The molecule has 1 aromatic carbocycles. The van der Waals surface area contributed by atoms with Crippen LogP contribution >= 0.6 is 0 Å². The van der Waals surface area contributed by atoms with E-state index in [1.165, 1.54) is 0 Å². The van der Waals surface area contributed by atoms with Gasteiger partial charge in [0.25, 0.3) is 11.8 Å². The Balaban J connectivity index is 2.57. The maximum atomic E-state index is 11.5. The van der Waals surface area contributed by atoms with Gasteiger partial charge in [-0.3, -0.25) is 14.5 Å². The third kappa shape index (κ3) is 0.967. The van der Waals surface area contributed by atoms with E-state index in [-0.39, 0.29) is 18.4 Å². The number of carbonyl (C=O) groups excluding carboxylic acids is 2. The van der Waals surface area contributed by atoms with Gasteiger partial charge in [0.1, 0.15) is 0 Å². The van der Waals surface area contributed by atoms with Crippen LogP contribution in [0.5, 0.6) is 0 Å². The lowest BCUT2D eigenvalue weighted by atomic mass is 10.1. The van der Waals surface area contributed by atoms with Crippen molar-refractivity contribution in [3.8, 4) is 0 Å².